The number of methoxy groups -OCH3 is 1. The highest BCUT2D eigenvalue weighted by Crippen LogP contribution is 2.24. The molecule has 0 radical (unpaired) electrons. The Morgan fingerprint density at radius 3 is 2.52 bits per heavy atom. The Morgan fingerprint density at radius 2 is 1.93 bits per heavy atom. The van der Waals surface area contributed by atoms with Crippen LogP contribution in [0, 0.1) is 0 Å². The molecule has 1 saturated heterocycles. The monoisotopic (exact) mass is 490 g/mol. The second-order valence-electron chi connectivity index (χ2n) is 6.51. The van der Waals surface area contributed by atoms with Crippen molar-refractivity contribution in [2.45, 2.75) is 32.3 Å². The molecule has 1 unspecified atom stereocenters. The van der Waals surface area contributed by atoms with Crippen molar-refractivity contribution in [1.29, 1.82) is 0 Å². The van der Waals surface area contributed by atoms with Crippen molar-refractivity contribution >= 4 is 35.8 Å². The summed E-state index contributed by atoms with van der Waals surface area (Å²) < 4.78 is 10.9. The summed E-state index contributed by atoms with van der Waals surface area (Å²) in [6, 6.07) is 7.04. The molecule has 8 heteroatoms. The number of nitrogens with one attached hydrogen (secondary N) is 3. The van der Waals surface area contributed by atoms with Gasteiger partial charge in [-0.05, 0) is 51.0 Å². The normalized spacial score (nSPS) is 19.1. The van der Waals surface area contributed by atoms with Crippen LogP contribution in [0.1, 0.15) is 37.0 Å². The third kappa shape index (κ3) is 7.92. The number of ether oxygens (including phenoxy) is 2. The molecule has 2 rings (SSSR count). The summed E-state index contributed by atoms with van der Waals surface area (Å²) in [6.07, 6.45) is 2.13. The molecule has 1 fully saturated rings. The lowest BCUT2D eigenvalue weighted by Crippen LogP contribution is -2.42. The number of carbonyl (C=O) groups excluding carboxylic acids is 1. The quantitative estimate of drug-likeness (QED) is 0.225. The molecule has 0 aromatic heterocycles. The van der Waals surface area contributed by atoms with E-state index in [4.69, 9.17) is 9.47 Å². The fraction of sp³-hybridized carbons (Fsp3) is 0.579. The zero-order valence-corrected chi connectivity index (χ0v) is 18.7. The zero-order valence-electron chi connectivity index (χ0n) is 16.3. The van der Waals surface area contributed by atoms with E-state index in [-0.39, 0.29) is 35.5 Å². The van der Waals surface area contributed by atoms with Crippen LogP contribution in [0.5, 0.6) is 5.75 Å². The summed E-state index contributed by atoms with van der Waals surface area (Å²) >= 11 is 0. The van der Waals surface area contributed by atoms with Crippen LogP contribution in [0.4, 0.5) is 0 Å². The average Bonchev–Trinajstić information content (AvgIpc) is 3.10. The van der Waals surface area contributed by atoms with Gasteiger partial charge in [0.15, 0.2) is 5.96 Å². The van der Waals surface area contributed by atoms with Crippen molar-refractivity contribution in [3.63, 3.8) is 0 Å². The van der Waals surface area contributed by atoms with E-state index in [2.05, 4.69) is 27.9 Å². The SMILES string of the molecule is CCNC(=NCC1(C)CCCO1)NCCNC(=O)c1ccc(OC)cc1.I. The molecule has 7 nitrogen and oxygen atoms in total. The summed E-state index contributed by atoms with van der Waals surface area (Å²) in [7, 11) is 1.60. The van der Waals surface area contributed by atoms with Crippen LogP contribution < -0.4 is 20.7 Å². The van der Waals surface area contributed by atoms with E-state index in [1.165, 1.54) is 0 Å². The number of benzene rings is 1. The van der Waals surface area contributed by atoms with Gasteiger partial charge in [-0.2, -0.15) is 0 Å². The van der Waals surface area contributed by atoms with Gasteiger partial charge in [0.05, 0.1) is 19.3 Å². The first-order valence-electron chi connectivity index (χ1n) is 9.15. The maximum absolute atomic E-state index is 12.1. The Morgan fingerprint density at radius 1 is 1.22 bits per heavy atom. The van der Waals surface area contributed by atoms with E-state index in [0.717, 1.165) is 37.7 Å². The maximum atomic E-state index is 12.1. The number of halogens is 1. The first-order chi connectivity index (χ1) is 12.6. The fourth-order valence-corrected chi connectivity index (χ4v) is 2.75. The van der Waals surface area contributed by atoms with E-state index in [1.807, 2.05) is 6.92 Å². The molecule has 1 amide bonds. The molecule has 27 heavy (non-hydrogen) atoms. The minimum Gasteiger partial charge on any atom is -0.497 e. The minimum absolute atomic E-state index is 0. The van der Waals surface area contributed by atoms with Crippen LogP contribution in [-0.2, 0) is 4.74 Å². The third-order valence-electron chi connectivity index (χ3n) is 4.27. The predicted molar refractivity (Wildman–Crippen MR) is 118 cm³/mol. The van der Waals surface area contributed by atoms with Crippen molar-refractivity contribution in [3.8, 4) is 5.75 Å². The smallest absolute Gasteiger partial charge is 0.251 e. The van der Waals surface area contributed by atoms with Gasteiger partial charge in [-0.25, -0.2) is 0 Å². The Kier molecular flexibility index (Phi) is 10.5. The standard InChI is InChI=1S/C19H30N4O3.HI/c1-4-20-18(23-14-19(2)10-5-13-26-19)22-12-11-21-17(24)15-6-8-16(25-3)9-7-15;/h6-9H,4-5,10-14H2,1-3H3,(H,21,24)(H2,20,22,23);1H. The Balaban J connectivity index is 0.00000364. The van der Waals surface area contributed by atoms with Crippen molar-refractivity contribution in [2.24, 2.45) is 4.99 Å². The topological polar surface area (TPSA) is 84.0 Å². The zero-order chi connectivity index (χ0) is 18.8. The lowest BCUT2D eigenvalue weighted by Gasteiger charge is -2.21. The number of hydrogen-bond donors (Lipinski definition) is 3. The number of guanidine groups is 1. The van der Waals surface area contributed by atoms with Crippen molar-refractivity contribution < 1.29 is 14.3 Å². The molecule has 1 aromatic rings. The summed E-state index contributed by atoms with van der Waals surface area (Å²) in [4.78, 5) is 16.7. The largest absolute Gasteiger partial charge is 0.497 e. The molecule has 152 valence electrons. The van der Waals surface area contributed by atoms with E-state index >= 15 is 0 Å². The van der Waals surface area contributed by atoms with Gasteiger partial charge in [0.2, 0.25) is 0 Å². The molecule has 0 bridgehead atoms. The second-order valence-corrected chi connectivity index (χ2v) is 6.51. The number of carbonyl (C=O) groups is 1. The molecule has 1 atom stereocenters. The van der Waals surface area contributed by atoms with Gasteiger partial charge >= 0.3 is 0 Å². The van der Waals surface area contributed by atoms with Crippen LogP contribution in [0.25, 0.3) is 0 Å². The first-order valence-corrected chi connectivity index (χ1v) is 9.15. The van der Waals surface area contributed by atoms with E-state index in [0.29, 0.717) is 25.2 Å². The molecule has 1 heterocycles. The number of rotatable bonds is 8. The summed E-state index contributed by atoms with van der Waals surface area (Å²) in [5.41, 5.74) is 0.447. The lowest BCUT2D eigenvalue weighted by molar-refractivity contribution is 0.0283. The van der Waals surface area contributed by atoms with Crippen LogP contribution >= 0.6 is 24.0 Å². The van der Waals surface area contributed by atoms with Gasteiger partial charge in [-0.15, -0.1) is 24.0 Å². The van der Waals surface area contributed by atoms with Crippen LogP contribution in [0.3, 0.4) is 0 Å². The van der Waals surface area contributed by atoms with Crippen LogP contribution in [0.15, 0.2) is 29.3 Å². The highest BCUT2D eigenvalue weighted by Gasteiger charge is 2.29. The van der Waals surface area contributed by atoms with Gasteiger partial charge in [0, 0.05) is 31.8 Å². The molecule has 1 aliphatic heterocycles. The van der Waals surface area contributed by atoms with Crippen molar-refractivity contribution in [3.05, 3.63) is 29.8 Å². The lowest BCUT2D eigenvalue weighted by atomic mass is 10.0. The van der Waals surface area contributed by atoms with Crippen molar-refractivity contribution in [1.82, 2.24) is 16.0 Å². The van der Waals surface area contributed by atoms with Gasteiger partial charge < -0.3 is 25.4 Å². The molecule has 0 saturated carbocycles. The van der Waals surface area contributed by atoms with Gasteiger partial charge in [-0.1, -0.05) is 0 Å². The summed E-state index contributed by atoms with van der Waals surface area (Å²) in [5.74, 6) is 1.36. The van der Waals surface area contributed by atoms with Crippen molar-refractivity contribution in [2.75, 3.05) is 39.9 Å². The Bertz CT molecular complexity index is 601. The van der Waals surface area contributed by atoms with E-state index in [9.17, 15) is 4.79 Å². The molecule has 0 spiro atoms. The minimum atomic E-state index is -0.162. The summed E-state index contributed by atoms with van der Waals surface area (Å²) in [5, 5.41) is 9.34. The van der Waals surface area contributed by atoms with E-state index < -0.39 is 0 Å². The number of amides is 1. The van der Waals surface area contributed by atoms with Crippen LogP contribution in [-0.4, -0.2) is 57.4 Å². The number of aliphatic imine (C=N–C) groups is 1. The third-order valence-corrected chi connectivity index (χ3v) is 4.27. The predicted octanol–water partition coefficient (Wildman–Crippen LogP) is 2.17. The van der Waals surface area contributed by atoms with Crippen LogP contribution in [0.2, 0.25) is 0 Å². The Hall–Kier alpha value is -1.55. The molecule has 1 aliphatic rings. The Labute approximate surface area is 178 Å². The average molecular weight is 490 g/mol. The van der Waals surface area contributed by atoms with Gasteiger partial charge in [0.1, 0.15) is 5.75 Å². The number of hydrogen-bond acceptors (Lipinski definition) is 4. The molecule has 3 N–H and O–H groups in total. The molecule has 0 aliphatic carbocycles. The highest BCUT2D eigenvalue weighted by atomic mass is 127. The highest BCUT2D eigenvalue weighted by molar-refractivity contribution is 14.0. The fourth-order valence-electron chi connectivity index (χ4n) is 2.75. The number of nitrogens with zero attached hydrogens (tertiary/aromatic N) is 1. The van der Waals surface area contributed by atoms with Gasteiger partial charge in [0.25, 0.3) is 5.91 Å². The maximum Gasteiger partial charge on any atom is 0.251 e. The summed E-state index contributed by atoms with van der Waals surface area (Å²) in [6.45, 7) is 7.43. The molecular formula is C19H31IN4O3. The second kappa shape index (κ2) is 12.0. The van der Waals surface area contributed by atoms with E-state index in [1.54, 1.807) is 31.4 Å². The first kappa shape index (κ1) is 23.5. The molecular weight excluding hydrogens is 459 g/mol. The van der Waals surface area contributed by atoms with Gasteiger partial charge in [-0.3, -0.25) is 9.79 Å². The molecule has 1 aromatic carbocycles.